The summed E-state index contributed by atoms with van der Waals surface area (Å²) in [5, 5.41) is 1.16. The number of fused-ring (bicyclic) bond motifs is 1. The molecule has 0 aliphatic carbocycles. The first-order valence-electron chi connectivity index (χ1n) is 10.7. The Morgan fingerprint density at radius 1 is 0.938 bits per heavy atom. The first-order chi connectivity index (χ1) is 15.5. The van der Waals surface area contributed by atoms with E-state index in [0.29, 0.717) is 34.3 Å². The standard InChI is InChI=1S/C27H26N2O3/c1-4-17-28(25-12-8-5-9-19(25)2)27(31)24-18-29(20-13-15-21(32-3)16-14-20)26(30)23-11-7-6-10-22(23)24/h5-16,18H,4,17H2,1-3H3. The summed E-state index contributed by atoms with van der Waals surface area (Å²) >= 11 is 0. The summed E-state index contributed by atoms with van der Waals surface area (Å²) < 4.78 is 6.78. The van der Waals surface area contributed by atoms with Crippen molar-refractivity contribution in [3.63, 3.8) is 0 Å². The SMILES string of the molecule is CCCN(C(=O)c1cn(-c2ccc(OC)cc2)c(=O)c2ccccc12)c1ccccc1C. The lowest BCUT2D eigenvalue weighted by molar-refractivity contribution is 0.0988. The van der Waals surface area contributed by atoms with Crippen molar-refractivity contribution in [2.24, 2.45) is 0 Å². The highest BCUT2D eigenvalue weighted by Gasteiger charge is 2.22. The van der Waals surface area contributed by atoms with Crippen molar-refractivity contribution < 1.29 is 9.53 Å². The zero-order valence-corrected chi connectivity index (χ0v) is 18.5. The van der Waals surface area contributed by atoms with Gasteiger partial charge in [-0.3, -0.25) is 14.2 Å². The second-order valence-electron chi connectivity index (χ2n) is 7.70. The van der Waals surface area contributed by atoms with Gasteiger partial charge in [0, 0.05) is 34.9 Å². The monoisotopic (exact) mass is 426 g/mol. The van der Waals surface area contributed by atoms with Gasteiger partial charge in [0.25, 0.3) is 11.5 Å². The Kier molecular flexibility index (Phi) is 6.08. The smallest absolute Gasteiger partial charge is 0.262 e. The molecule has 162 valence electrons. The molecule has 0 aliphatic rings. The van der Waals surface area contributed by atoms with Crippen LogP contribution in [0, 0.1) is 6.92 Å². The van der Waals surface area contributed by atoms with E-state index in [9.17, 15) is 9.59 Å². The molecule has 1 amide bonds. The number of hydrogen-bond donors (Lipinski definition) is 0. The number of aromatic nitrogens is 1. The van der Waals surface area contributed by atoms with Crippen molar-refractivity contribution in [1.29, 1.82) is 0 Å². The number of nitrogens with zero attached hydrogens (tertiary/aromatic N) is 2. The average Bonchev–Trinajstić information content (AvgIpc) is 2.83. The Hall–Kier alpha value is -3.86. The Balaban J connectivity index is 1.92. The molecule has 0 aliphatic heterocycles. The van der Waals surface area contributed by atoms with Crippen LogP contribution in [0.3, 0.4) is 0 Å². The van der Waals surface area contributed by atoms with Gasteiger partial charge in [-0.15, -0.1) is 0 Å². The largest absolute Gasteiger partial charge is 0.497 e. The van der Waals surface area contributed by atoms with Crippen LogP contribution in [0.1, 0.15) is 29.3 Å². The minimum absolute atomic E-state index is 0.125. The number of benzene rings is 3. The van der Waals surface area contributed by atoms with Gasteiger partial charge in [-0.1, -0.05) is 43.3 Å². The van der Waals surface area contributed by atoms with Crippen molar-refractivity contribution in [3.8, 4) is 11.4 Å². The molecule has 0 radical (unpaired) electrons. The summed E-state index contributed by atoms with van der Waals surface area (Å²) in [6, 6.07) is 22.4. The van der Waals surface area contributed by atoms with Crippen LogP contribution in [-0.4, -0.2) is 24.1 Å². The highest BCUT2D eigenvalue weighted by molar-refractivity contribution is 6.14. The number of aryl methyl sites for hydroxylation is 1. The summed E-state index contributed by atoms with van der Waals surface area (Å²) in [5.74, 6) is 0.576. The molecule has 3 aromatic carbocycles. The minimum atomic E-state index is -0.166. The van der Waals surface area contributed by atoms with E-state index >= 15 is 0 Å². The van der Waals surface area contributed by atoms with E-state index in [1.807, 2.05) is 61.5 Å². The number of anilines is 1. The zero-order valence-electron chi connectivity index (χ0n) is 18.5. The van der Waals surface area contributed by atoms with Crippen molar-refractivity contribution in [2.75, 3.05) is 18.6 Å². The molecule has 0 spiro atoms. The highest BCUT2D eigenvalue weighted by atomic mass is 16.5. The van der Waals surface area contributed by atoms with Gasteiger partial charge in [-0.25, -0.2) is 0 Å². The summed E-state index contributed by atoms with van der Waals surface area (Å²) in [7, 11) is 1.60. The normalized spacial score (nSPS) is 10.8. The molecular weight excluding hydrogens is 400 g/mol. The maximum Gasteiger partial charge on any atom is 0.262 e. The molecule has 0 saturated heterocycles. The van der Waals surface area contributed by atoms with Crippen LogP contribution in [0.5, 0.6) is 5.75 Å². The van der Waals surface area contributed by atoms with Crippen LogP contribution >= 0.6 is 0 Å². The van der Waals surface area contributed by atoms with Crippen LogP contribution in [-0.2, 0) is 0 Å². The fourth-order valence-electron chi connectivity index (χ4n) is 3.96. The molecule has 4 aromatic rings. The average molecular weight is 427 g/mol. The molecule has 1 aromatic heterocycles. The van der Waals surface area contributed by atoms with Gasteiger partial charge < -0.3 is 9.64 Å². The third-order valence-electron chi connectivity index (χ3n) is 5.60. The molecule has 4 rings (SSSR count). The molecule has 5 nitrogen and oxygen atoms in total. The first-order valence-corrected chi connectivity index (χ1v) is 10.7. The second-order valence-corrected chi connectivity index (χ2v) is 7.70. The molecule has 0 saturated carbocycles. The number of hydrogen-bond acceptors (Lipinski definition) is 3. The van der Waals surface area contributed by atoms with Crippen molar-refractivity contribution in [1.82, 2.24) is 4.57 Å². The fourth-order valence-corrected chi connectivity index (χ4v) is 3.96. The van der Waals surface area contributed by atoms with Gasteiger partial charge in [0.2, 0.25) is 0 Å². The predicted octanol–water partition coefficient (Wildman–Crippen LogP) is 5.36. The van der Waals surface area contributed by atoms with Gasteiger partial charge in [0.05, 0.1) is 12.7 Å². The van der Waals surface area contributed by atoms with E-state index in [1.54, 1.807) is 36.4 Å². The molecule has 0 unspecified atom stereocenters. The molecule has 0 bridgehead atoms. The van der Waals surface area contributed by atoms with Gasteiger partial charge in [0.1, 0.15) is 5.75 Å². The van der Waals surface area contributed by atoms with E-state index in [4.69, 9.17) is 4.74 Å². The maximum absolute atomic E-state index is 13.9. The molecule has 0 N–H and O–H groups in total. The number of carbonyl (C=O) groups excluding carboxylic acids is 1. The third-order valence-corrected chi connectivity index (χ3v) is 5.60. The quantitative estimate of drug-likeness (QED) is 0.417. The van der Waals surface area contributed by atoms with Crippen molar-refractivity contribution >= 4 is 22.4 Å². The fraction of sp³-hybridized carbons (Fsp3) is 0.185. The summed E-state index contributed by atoms with van der Waals surface area (Å²) in [4.78, 5) is 29.0. The first kappa shape index (κ1) is 21.4. The van der Waals surface area contributed by atoms with Crippen LogP contribution < -0.4 is 15.2 Å². The van der Waals surface area contributed by atoms with Gasteiger partial charge >= 0.3 is 0 Å². The van der Waals surface area contributed by atoms with Crippen LogP contribution in [0.2, 0.25) is 0 Å². The summed E-state index contributed by atoms with van der Waals surface area (Å²) in [6.07, 6.45) is 2.48. The minimum Gasteiger partial charge on any atom is -0.497 e. The number of rotatable bonds is 6. The lowest BCUT2D eigenvalue weighted by Gasteiger charge is -2.25. The molecule has 5 heteroatoms. The van der Waals surface area contributed by atoms with Gasteiger partial charge in [-0.05, 0) is 55.3 Å². The highest BCUT2D eigenvalue weighted by Crippen LogP contribution is 2.25. The summed E-state index contributed by atoms with van der Waals surface area (Å²) in [5.41, 5.74) is 2.91. The lowest BCUT2D eigenvalue weighted by atomic mass is 10.0. The topological polar surface area (TPSA) is 51.5 Å². The molecule has 32 heavy (non-hydrogen) atoms. The predicted molar refractivity (Wildman–Crippen MR) is 129 cm³/mol. The number of pyridine rings is 1. The van der Waals surface area contributed by atoms with E-state index in [0.717, 1.165) is 17.7 Å². The molecular formula is C27H26N2O3. The van der Waals surface area contributed by atoms with Crippen molar-refractivity contribution in [2.45, 2.75) is 20.3 Å². The second kappa shape index (κ2) is 9.10. The lowest BCUT2D eigenvalue weighted by Crippen LogP contribution is -2.33. The van der Waals surface area contributed by atoms with E-state index in [1.165, 1.54) is 4.57 Å². The van der Waals surface area contributed by atoms with Crippen LogP contribution in [0.25, 0.3) is 16.5 Å². The van der Waals surface area contributed by atoms with Crippen LogP contribution in [0.4, 0.5) is 5.69 Å². The number of para-hydroxylation sites is 1. The summed E-state index contributed by atoms with van der Waals surface area (Å²) in [6.45, 7) is 4.64. The Morgan fingerprint density at radius 2 is 1.59 bits per heavy atom. The van der Waals surface area contributed by atoms with E-state index in [-0.39, 0.29) is 11.5 Å². The number of methoxy groups -OCH3 is 1. The molecule has 1 heterocycles. The molecule has 0 atom stereocenters. The number of carbonyl (C=O) groups is 1. The van der Waals surface area contributed by atoms with Crippen molar-refractivity contribution in [3.05, 3.63) is 100 Å². The Labute approximate surface area is 187 Å². The van der Waals surface area contributed by atoms with Gasteiger partial charge in [0.15, 0.2) is 0 Å². The number of ether oxygens (including phenoxy) is 1. The van der Waals surface area contributed by atoms with E-state index in [2.05, 4.69) is 6.92 Å². The third kappa shape index (κ3) is 3.89. The molecule has 0 fully saturated rings. The van der Waals surface area contributed by atoms with Crippen LogP contribution in [0.15, 0.2) is 83.8 Å². The van der Waals surface area contributed by atoms with E-state index < -0.39 is 0 Å². The number of amides is 1. The Bertz CT molecular complexity index is 1320. The Morgan fingerprint density at radius 3 is 2.25 bits per heavy atom. The van der Waals surface area contributed by atoms with Gasteiger partial charge in [-0.2, -0.15) is 0 Å². The zero-order chi connectivity index (χ0) is 22.7. The maximum atomic E-state index is 13.9.